The Kier molecular flexibility index (Phi) is 4.25. The van der Waals surface area contributed by atoms with E-state index in [9.17, 15) is 4.39 Å². The molecule has 78 valence electrons. The first-order valence-electron chi connectivity index (χ1n) is 4.65. The highest BCUT2D eigenvalue weighted by molar-refractivity contribution is 5.21. The molecule has 0 aliphatic rings. The maximum Gasteiger partial charge on any atom is 0.222 e. The van der Waals surface area contributed by atoms with Gasteiger partial charge in [-0.1, -0.05) is 0 Å². The van der Waals surface area contributed by atoms with Crippen molar-refractivity contribution in [1.29, 1.82) is 0 Å². The lowest BCUT2D eigenvalue weighted by molar-refractivity contribution is 0.612. The van der Waals surface area contributed by atoms with Gasteiger partial charge in [-0.05, 0) is 19.8 Å². The molecule has 0 fully saturated rings. The van der Waals surface area contributed by atoms with E-state index in [2.05, 4.69) is 15.3 Å². The molecule has 0 saturated carbocycles. The Labute approximate surface area is 82.8 Å². The monoisotopic (exact) mass is 198 g/mol. The third-order valence-electron chi connectivity index (χ3n) is 1.74. The summed E-state index contributed by atoms with van der Waals surface area (Å²) in [5.74, 6) is 0.0298. The van der Waals surface area contributed by atoms with Crippen LogP contribution in [0, 0.1) is 5.82 Å². The lowest BCUT2D eigenvalue weighted by atomic mass is 10.2. The molecule has 5 heteroatoms. The van der Waals surface area contributed by atoms with Gasteiger partial charge in [0.1, 0.15) is 0 Å². The molecule has 14 heavy (non-hydrogen) atoms. The van der Waals surface area contributed by atoms with E-state index in [1.165, 1.54) is 0 Å². The molecule has 1 aromatic rings. The summed E-state index contributed by atoms with van der Waals surface area (Å²) in [4.78, 5) is 7.53. The zero-order chi connectivity index (χ0) is 10.4. The van der Waals surface area contributed by atoms with E-state index in [-0.39, 0.29) is 6.04 Å². The molecule has 0 amide bonds. The molecule has 3 N–H and O–H groups in total. The van der Waals surface area contributed by atoms with Crippen LogP contribution in [0.15, 0.2) is 12.4 Å². The van der Waals surface area contributed by atoms with Crippen molar-refractivity contribution in [3.05, 3.63) is 18.2 Å². The summed E-state index contributed by atoms with van der Waals surface area (Å²) in [5.41, 5.74) is 5.58. The van der Waals surface area contributed by atoms with Gasteiger partial charge in [0.2, 0.25) is 5.95 Å². The van der Waals surface area contributed by atoms with E-state index in [0.29, 0.717) is 5.95 Å². The van der Waals surface area contributed by atoms with Crippen LogP contribution in [0.4, 0.5) is 10.3 Å². The molecule has 0 spiro atoms. The lowest BCUT2D eigenvalue weighted by Crippen LogP contribution is -2.16. The van der Waals surface area contributed by atoms with Crippen molar-refractivity contribution in [1.82, 2.24) is 9.97 Å². The summed E-state index contributed by atoms with van der Waals surface area (Å²) < 4.78 is 12.4. The van der Waals surface area contributed by atoms with Crippen LogP contribution in [-0.4, -0.2) is 22.6 Å². The largest absolute Gasteiger partial charge is 0.354 e. The molecule has 0 aliphatic carbocycles. The molecule has 1 unspecified atom stereocenters. The maximum atomic E-state index is 12.4. The smallest absolute Gasteiger partial charge is 0.222 e. The highest BCUT2D eigenvalue weighted by atomic mass is 19.1. The van der Waals surface area contributed by atoms with Gasteiger partial charge in [0.05, 0.1) is 12.4 Å². The normalized spacial score (nSPS) is 12.5. The van der Waals surface area contributed by atoms with E-state index < -0.39 is 5.82 Å². The van der Waals surface area contributed by atoms with E-state index in [4.69, 9.17) is 5.73 Å². The molecule has 0 radical (unpaired) electrons. The number of aromatic nitrogens is 2. The van der Waals surface area contributed by atoms with Gasteiger partial charge in [-0.25, -0.2) is 14.4 Å². The van der Waals surface area contributed by atoms with Crippen molar-refractivity contribution in [3.8, 4) is 0 Å². The number of hydrogen-bond donors (Lipinski definition) is 2. The summed E-state index contributed by atoms with van der Waals surface area (Å²) in [6.45, 7) is 2.72. The minimum Gasteiger partial charge on any atom is -0.354 e. The average molecular weight is 198 g/mol. The fourth-order valence-electron chi connectivity index (χ4n) is 1.03. The Hall–Kier alpha value is -1.23. The van der Waals surface area contributed by atoms with Crippen molar-refractivity contribution < 1.29 is 4.39 Å². The van der Waals surface area contributed by atoms with Gasteiger partial charge in [0.15, 0.2) is 5.82 Å². The topological polar surface area (TPSA) is 63.8 Å². The number of nitrogens with zero attached hydrogens (tertiary/aromatic N) is 2. The van der Waals surface area contributed by atoms with Gasteiger partial charge in [0.25, 0.3) is 0 Å². The highest BCUT2D eigenvalue weighted by Crippen LogP contribution is 1.99. The lowest BCUT2D eigenvalue weighted by Gasteiger charge is -2.05. The number of rotatable bonds is 5. The summed E-state index contributed by atoms with van der Waals surface area (Å²) >= 11 is 0. The van der Waals surface area contributed by atoms with E-state index in [1.54, 1.807) is 0 Å². The number of hydrogen-bond acceptors (Lipinski definition) is 4. The van der Waals surface area contributed by atoms with Crippen LogP contribution in [0.3, 0.4) is 0 Å². The van der Waals surface area contributed by atoms with Crippen molar-refractivity contribution in [2.75, 3.05) is 11.9 Å². The molecule has 1 atom stereocenters. The van der Waals surface area contributed by atoms with Gasteiger partial charge in [-0.15, -0.1) is 0 Å². The molecule has 0 bridgehead atoms. The maximum absolute atomic E-state index is 12.4. The third-order valence-corrected chi connectivity index (χ3v) is 1.74. The average Bonchev–Trinajstić information content (AvgIpc) is 2.15. The molecule has 1 heterocycles. The molecule has 0 saturated heterocycles. The van der Waals surface area contributed by atoms with Gasteiger partial charge in [-0.3, -0.25) is 0 Å². The highest BCUT2D eigenvalue weighted by Gasteiger charge is 1.97. The zero-order valence-corrected chi connectivity index (χ0v) is 8.20. The van der Waals surface area contributed by atoms with Crippen LogP contribution in [0.5, 0.6) is 0 Å². The molecule has 0 aromatic carbocycles. The molecular formula is C9H15FN4. The first-order chi connectivity index (χ1) is 6.68. The zero-order valence-electron chi connectivity index (χ0n) is 8.20. The van der Waals surface area contributed by atoms with Gasteiger partial charge in [-0.2, -0.15) is 0 Å². The molecule has 1 rings (SSSR count). The van der Waals surface area contributed by atoms with E-state index in [1.807, 2.05) is 6.92 Å². The Morgan fingerprint density at radius 2 is 2.14 bits per heavy atom. The van der Waals surface area contributed by atoms with Gasteiger partial charge < -0.3 is 11.1 Å². The second-order valence-electron chi connectivity index (χ2n) is 3.27. The first-order valence-corrected chi connectivity index (χ1v) is 4.65. The molecule has 1 aromatic heterocycles. The minimum absolute atomic E-state index is 0.214. The van der Waals surface area contributed by atoms with Crippen molar-refractivity contribution in [3.63, 3.8) is 0 Å². The fourth-order valence-corrected chi connectivity index (χ4v) is 1.03. The number of halogens is 1. The summed E-state index contributed by atoms with van der Waals surface area (Å²) in [6.07, 6.45) is 4.19. The standard InChI is InChI=1S/C9H15FN4/c1-7(11)3-2-4-12-9-13-5-8(10)6-14-9/h5-7H,2-4,11H2,1H3,(H,12,13,14). The summed E-state index contributed by atoms with van der Waals surface area (Å²) in [7, 11) is 0. The van der Waals surface area contributed by atoms with Gasteiger partial charge in [0, 0.05) is 12.6 Å². The van der Waals surface area contributed by atoms with Crippen molar-refractivity contribution in [2.24, 2.45) is 5.73 Å². The molecule has 4 nitrogen and oxygen atoms in total. The fraction of sp³-hybridized carbons (Fsp3) is 0.556. The van der Waals surface area contributed by atoms with Crippen LogP contribution < -0.4 is 11.1 Å². The Bertz CT molecular complexity index is 260. The van der Waals surface area contributed by atoms with Crippen LogP contribution in [-0.2, 0) is 0 Å². The molecule has 0 aliphatic heterocycles. The van der Waals surface area contributed by atoms with Crippen LogP contribution in [0.1, 0.15) is 19.8 Å². The van der Waals surface area contributed by atoms with Crippen LogP contribution >= 0.6 is 0 Å². The van der Waals surface area contributed by atoms with Crippen molar-refractivity contribution >= 4 is 5.95 Å². The number of nitrogens with one attached hydrogen (secondary N) is 1. The molecular weight excluding hydrogens is 183 g/mol. The third kappa shape index (κ3) is 4.13. The Morgan fingerprint density at radius 3 is 2.71 bits per heavy atom. The number of nitrogens with two attached hydrogens (primary N) is 1. The van der Waals surface area contributed by atoms with Crippen molar-refractivity contribution in [2.45, 2.75) is 25.8 Å². The summed E-state index contributed by atoms with van der Waals surface area (Å²) in [5, 5.41) is 2.98. The first kappa shape index (κ1) is 10.8. The summed E-state index contributed by atoms with van der Waals surface area (Å²) in [6, 6.07) is 0.214. The predicted octanol–water partition coefficient (Wildman–Crippen LogP) is 1.15. The predicted molar refractivity (Wildman–Crippen MR) is 53.4 cm³/mol. The minimum atomic E-state index is -0.425. The Balaban J connectivity index is 2.21. The Morgan fingerprint density at radius 1 is 1.50 bits per heavy atom. The second-order valence-corrected chi connectivity index (χ2v) is 3.27. The van der Waals surface area contributed by atoms with E-state index in [0.717, 1.165) is 31.8 Å². The van der Waals surface area contributed by atoms with E-state index >= 15 is 0 Å². The SMILES string of the molecule is CC(N)CCCNc1ncc(F)cn1. The van der Waals surface area contributed by atoms with Gasteiger partial charge >= 0.3 is 0 Å². The quantitative estimate of drug-likeness (QED) is 0.697. The second kappa shape index (κ2) is 5.49. The van der Waals surface area contributed by atoms with Crippen LogP contribution in [0.25, 0.3) is 0 Å². The number of anilines is 1. The van der Waals surface area contributed by atoms with Crippen LogP contribution in [0.2, 0.25) is 0 Å².